The Balaban J connectivity index is 1.70. The van der Waals surface area contributed by atoms with Gasteiger partial charge < -0.3 is 9.47 Å². The van der Waals surface area contributed by atoms with Crippen LogP contribution in [0.4, 0.5) is 0 Å². The van der Waals surface area contributed by atoms with Crippen LogP contribution in [0.2, 0.25) is 0 Å². The highest BCUT2D eigenvalue weighted by Crippen LogP contribution is 2.63. The molecule has 29 heavy (non-hydrogen) atoms. The van der Waals surface area contributed by atoms with Crippen molar-refractivity contribution in [3.8, 4) is 0 Å². The Morgan fingerprint density at radius 3 is 1.76 bits per heavy atom. The van der Waals surface area contributed by atoms with E-state index >= 15 is 0 Å². The maximum absolute atomic E-state index is 6.79. The zero-order valence-electron chi connectivity index (χ0n) is 16.8. The van der Waals surface area contributed by atoms with Crippen LogP contribution < -0.4 is 0 Å². The second-order valence-electron chi connectivity index (χ2n) is 8.52. The van der Waals surface area contributed by atoms with Gasteiger partial charge in [-0.1, -0.05) is 91.0 Å². The minimum Gasteiger partial charge on any atom is -0.476 e. The third-order valence-electron chi connectivity index (χ3n) is 5.82. The van der Waals surface area contributed by atoms with Gasteiger partial charge in [-0.2, -0.15) is 0 Å². The lowest BCUT2D eigenvalue weighted by molar-refractivity contribution is 0.243. The normalized spacial score (nSPS) is 23.9. The molecule has 2 aliphatic heterocycles. The SMILES string of the molecule is CC1(C)COC(C2(Cc3ccccc3)OC2(c2ccccc2)c2ccccc2)=N1. The first-order valence-electron chi connectivity index (χ1n) is 10.1. The first-order valence-corrected chi connectivity index (χ1v) is 10.1. The second-order valence-corrected chi connectivity index (χ2v) is 8.52. The molecular weight excluding hydrogens is 358 g/mol. The molecule has 1 unspecified atom stereocenters. The van der Waals surface area contributed by atoms with Crippen LogP contribution >= 0.6 is 0 Å². The standard InChI is InChI=1S/C26H25NO2/c1-24(2)19-28-23(27-24)25(18-20-12-6-3-7-13-20)26(29-25,21-14-8-4-9-15-21)22-16-10-5-11-17-22/h3-17H,18-19H2,1-2H3. The van der Waals surface area contributed by atoms with Crippen molar-refractivity contribution in [3.63, 3.8) is 0 Å². The van der Waals surface area contributed by atoms with Crippen LogP contribution in [0.3, 0.4) is 0 Å². The molecule has 0 aliphatic carbocycles. The van der Waals surface area contributed by atoms with E-state index in [4.69, 9.17) is 14.5 Å². The molecule has 0 radical (unpaired) electrons. The van der Waals surface area contributed by atoms with Gasteiger partial charge >= 0.3 is 0 Å². The summed E-state index contributed by atoms with van der Waals surface area (Å²) in [5.41, 5.74) is 1.92. The van der Waals surface area contributed by atoms with Crippen molar-refractivity contribution < 1.29 is 9.47 Å². The van der Waals surface area contributed by atoms with E-state index in [-0.39, 0.29) is 5.54 Å². The van der Waals surface area contributed by atoms with Crippen LogP contribution in [0.25, 0.3) is 0 Å². The number of epoxide rings is 1. The van der Waals surface area contributed by atoms with Crippen LogP contribution in [0.5, 0.6) is 0 Å². The highest BCUT2D eigenvalue weighted by molar-refractivity contribution is 5.93. The van der Waals surface area contributed by atoms with Gasteiger partial charge in [-0.25, -0.2) is 4.99 Å². The summed E-state index contributed by atoms with van der Waals surface area (Å²) in [6, 6.07) is 31.4. The molecule has 0 amide bonds. The van der Waals surface area contributed by atoms with Gasteiger partial charge in [0.2, 0.25) is 5.90 Å². The lowest BCUT2D eigenvalue weighted by Crippen LogP contribution is -2.36. The predicted octanol–water partition coefficient (Wildman–Crippen LogP) is 5.15. The van der Waals surface area contributed by atoms with E-state index in [1.165, 1.54) is 5.56 Å². The molecular formula is C26H25NO2. The van der Waals surface area contributed by atoms with Gasteiger partial charge in [0.1, 0.15) is 6.61 Å². The highest BCUT2D eigenvalue weighted by Gasteiger charge is 2.76. The largest absolute Gasteiger partial charge is 0.476 e. The minimum absolute atomic E-state index is 0.246. The Bertz CT molecular complexity index is 989. The zero-order valence-corrected chi connectivity index (χ0v) is 16.8. The van der Waals surface area contributed by atoms with E-state index in [1.807, 2.05) is 18.2 Å². The average Bonchev–Trinajstić information content (AvgIpc) is 3.29. The summed E-state index contributed by atoms with van der Waals surface area (Å²) in [6.07, 6.45) is 0.701. The summed E-state index contributed by atoms with van der Waals surface area (Å²) in [5, 5.41) is 0. The molecule has 2 aliphatic rings. The van der Waals surface area contributed by atoms with Gasteiger partial charge in [0.05, 0.1) is 5.54 Å². The molecule has 2 heterocycles. The number of hydrogen-bond donors (Lipinski definition) is 0. The maximum Gasteiger partial charge on any atom is 0.221 e. The number of aliphatic imine (C=N–C) groups is 1. The van der Waals surface area contributed by atoms with Crippen molar-refractivity contribution in [3.05, 3.63) is 108 Å². The van der Waals surface area contributed by atoms with E-state index < -0.39 is 11.2 Å². The second kappa shape index (κ2) is 6.57. The Hall–Kier alpha value is -2.91. The zero-order chi connectivity index (χ0) is 20.0. The molecule has 146 valence electrons. The quantitative estimate of drug-likeness (QED) is 0.571. The van der Waals surface area contributed by atoms with Crippen LogP contribution in [-0.4, -0.2) is 23.6 Å². The number of ether oxygens (including phenoxy) is 2. The van der Waals surface area contributed by atoms with E-state index in [1.54, 1.807) is 0 Å². The molecule has 3 nitrogen and oxygen atoms in total. The lowest BCUT2D eigenvalue weighted by Gasteiger charge is -2.21. The molecule has 1 fully saturated rings. The van der Waals surface area contributed by atoms with Gasteiger partial charge in [0, 0.05) is 6.42 Å². The number of rotatable bonds is 5. The van der Waals surface area contributed by atoms with Crippen molar-refractivity contribution >= 4 is 5.90 Å². The molecule has 0 saturated carbocycles. The molecule has 0 N–H and O–H groups in total. The molecule has 0 spiro atoms. The lowest BCUT2D eigenvalue weighted by atomic mass is 9.77. The van der Waals surface area contributed by atoms with E-state index in [2.05, 4.69) is 86.6 Å². The summed E-state index contributed by atoms with van der Waals surface area (Å²) < 4.78 is 13.0. The molecule has 3 aromatic carbocycles. The molecule has 1 atom stereocenters. The Morgan fingerprint density at radius 2 is 1.28 bits per heavy atom. The van der Waals surface area contributed by atoms with Crippen LogP contribution in [0, 0.1) is 0 Å². The van der Waals surface area contributed by atoms with E-state index in [0.29, 0.717) is 18.9 Å². The molecule has 3 heteroatoms. The van der Waals surface area contributed by atoms with Gasteiger partial charge in [0.25, 0.3) is 0 Å². The number of hydrogen-bond acceptors (Lipinski definition) is 3. The van der Waals surface area contributed by atoms with Crippen molar-refractivity contribution in [1.82, 2.24) is 0 Å². The summed E-state index contributed by atoms with van der Waals surface area (Å²) in [7, 11) is 0. The minimum atomic E-state index is -0.662. The van der Waals surface area contributed by atoms with Gasteiger partial charge in [-0.15, -0.1) is 0 Å². The van der Waals surface area contributed by atoms with Gasteiger partial charge in [0.15, 0.2) is 11.2 Å². The fourth-order valence-corrected chi connectivity index (χ4v) is 4.44. The van der Waals surface area contributed by atoms with Gasteiger partial charge in [-0.3, -0.25) is 0 Å². The number of nitrogens with zero attached hydrogens (tertiary/aromatic N) is 1. The van der Waals surface area contributed by atoms with Crippen LogP contribution in [0.1, 0.15) is 30.5 Å². The molecule has 3 aromatic rings. The Labute approximate surface area is 172 Å². The predicted molar refractivity (Wildman–Crippen MR) is 115 cm³/mol. The maximum atomic E-state index is 6.79. The Morgan fingerprint density at radius 1 is 0.759 bits per heavy atom. The third-order valence-corrected chi connectivity index (χ3v) is 5.82. The van der Waals surface area contributed by atoms with E-state index in [9.17, 15) is 0 Å². The smallest absolute Gasteiger partial charge is 0.221 e. The summed E-state index contributed by atoms with van der Waals surface area (Å²) in [4.78, 5) is 4.97. The van der Waals surface area contributed by atoms with Crippen molar-refractivity contribution in [1.29, 1.82) is 0 Å². The van der Waals surface area contributed by atoms with E-state index in [0.717, 1.165) is 11.1 Å². The number of benzene rings is 3. The van der Waals surface area contributed by atoms with Crippen molar-refractivity contribution in [2.75, 3.05) is 6.61 Å². The topological polar surface area (TPSA) is 34.1 Å². The van der Waals surface area contributed by atoms with Crippen molar-refractivity contribution in [2.45, 2.75) is 37.0 Å². The van der Waals surface area contributed by atoms with Gasteiger partial charge in [-0.05, 0) is 30.5 Å². The van der Waals surface area contributed by atoms with Crippen LogP contribution in [0.15, 0.2) is 96.0 Å². The summed E-state index contributed by atoms with van der Waals surface area (Å²) >= 11 is 0. The average molecular weight is 383 g/mol. The first-order chi connectivity index (χ1) is 14.1. The summed E-state index contributed by atoms with van der Waals surface area (Å²) in [5.74, 6) is 0.707. The Kier molecular flexibility index (Phi) is 4.11. The fourth-order valence-electron chi connectivity index (χ4n) is 4.44. The van der Waals surface area contributed by atoms with Crippen LogP contribution in [-0.2, 0) is 21.5 Å². The highest BCUT2D eigenvalue weighted by atomic mass is 16.7. The molecule has 1 saturated heterocycles. The molecule has 0 aromatic heterocycles. The van der Waals surface area contributed by atoms with Crippen molar-refractivity contribution in [2.24, 2.45) is 4.99 Å². The molecule has 5 rings (SSSR count). The first kappa shape index (κ1) is 18.1. The summed E-state index contributed by atoms with van der Waals surface area (Å²) in [6.45, 7) is 4.78. The third kappa shape index (κ3) is 2.89. The fraction of sp³-hybridized carbons (Fsp3) is 0.269. The molecule has 0 bridgehead atoms. The monoisotopic (exact) mass is 383 g/mol.